The van der Waals surface area contributed by atoms with Crippen LogP contribution in [0.1, 0.15) is 23.2 Å². The van der Waals surface area contributed by atoms with Gasteiger partial charge in [-0.15, -0.1) is 6.58 Å². The number of nitrogens with zero attached hydrogens (tertiary/aromatic N) is 1. The van der Waals surface area contributed by atoms with Crippen molar-refractivity contribution in [2.75, 3.05) is 11.9 Å². The summed E-state index contributed by atoms with van der Waals surface area (Å²) in [5, 5.41) is 11.8. The summed E-state index contributed by atoms with van der Waals surface area (Å²) < 4.78 is 0.708. The van der Waals surface area contributed by atoms with Crippen molar-refractivity contribution >= 4 is 33.6 Å². The zero-order valence-corrected chi connectivity index (χ0v) is 12.4. The van der Waals surface area contributed by atoms with Crippen molar-refractivity contribution in [3.05, 3.63) is 40.9 Å². The molecule has 1 aliphatic carbocycles. The summed E-state index contributed by atoms with van der Waals surface area (Å²) in [5.74, 6) is -1.07. The van der Waals surface area contributed by atoms with Crippen LogP contribution in [-0.4, -0.2) is 34.6 Å². The van der Waals surface area contributed by atoms with Crippen molar-refractivity contribution in [3.8, 4) is 0 Å². The Bertz CT molecular complexity index is 555. The van der Waals surface area contributed by atoms with Crippen LogP contribution in [0.4, 0.5) is 10.5 Å². The molecule has 0 saturated heterocycles. The topological polar surface area (TPSA) is 69.6 Å². The quantitative estimate of drug-likeness (QED) is 0.809. The third-order valence-electron chi connectivity index (χ3n) is 3.03. The molecular weight excluding hydrogens is 324 g/mol. The van der Waals surface area contributed by atoms with Gasteiger partial charge in [0.25, 0.3) is 0 Å². The maximum absolute atomic E-state index is 12.2. The van der Waals surface area contributed by atoms with Gasteiger partial charge in [-0.05, 0) is 31.0 Å². The lowest BCUT2D eigenvalue weighted by molar-refractivity contribution is 0.0698. The number of carbonyl (C=O) groups excluding carboxylic acids is 1. The van der Waals surface area contributed by atoms with E-state index in [0.29, 0.717) is 11.0 Å². The second-order valence-electron chi connectivity index (χ2n) is 4.60. The lowest BCUT2D eigenvalue weighted by atomic mass is 10.2. The highest BCUT2D eigenvalue weighted by molar-refractivity contribution is 9.10. The molecule has 2 rings (SSSR count). The number of anilines is 1. The molecule has 0 aromatic heterocycles. The summed E-state index contributed by atoms with van der Waals surface area (Å²) in [6, 6.07) is 4.60. The highest BCUT2D eigenvalue weighted by Crippen LogP contribution is 2.28. The molecule has 0 spiro atoms. The number of nitrogens with one attached hydrogen (secondary N) is 1. The van der Waals surface area contributed by atoms with Gasteiger partial charge in [0.1, 0.15) is 0 Å². The molecule has 2 N–H and O–H groups in total. The van der Waals surface area contributed by atoms with Crippen LogP contribution in [-0.2, 0) is 0 Å². The Labute approximate surface area is 125 Å². The molecule has 0 bridgehead atoms. The van der Waals surface area contributed by atoms with E-state index in [1.165, 1.54) is 6.07 Å². The average Bonchev–Trinajstić information content (AvgIpc) is 3.19. The van der Waals surface area contributed by atoms with Crippen molar-refractivity contribution in [3.63, 3.8) is 0 Å². The van der Waals surface area contributed by atoms with Crippen molar-refractivity contribution < 1.29 is 14.7 Å². The van der Waals surface area contributed by atoms with E-state index in [0.717, 1.165) is 12.8 Å². The van der Waals surface area contributed by atoms with E-state index < -0.39 is 5.97 Å². The molecule has 2 amide bonds. The molecule has 0 heterocycles. The molecule has 1 saturated carbocycles. The lowest BCUT2D eigenvalue weighted by Gasteiger charge is -2.21. The second kappa shape index (κ2) is 6.09. The van der Waals surface area contributed by atoms with Crippen LogP contribution in [0.25, 0.3) is 0 Å². The fraction of sp³-hybridized carbons (Fsp3) is 0.286. The van der Waals surface area contributed by atoms with Gasteiger partial charge < -0.3 is 15.3 Å². The smallest absolute Gasteiger partial charge is 0.337 e. The van der Waals surface area contributed by atoms with Gasteiger partial charge in [0.15, 0.2) is 0 Å². The van der Waals surface area contributed by atoms with E-state index in [9.17, 15) is 9.59 Å². The van der Waals surface area contributed by atoms with E-state index >= 15 is 0 Å². The first-order valence-electron chi connectivity index (χ1n) is 6.24. The van der Waals surface area contributed by atoms with Crippen molar-refractivity contribution in [1.82, 2.24) is 4.90 Å². The van der Waals surface area contributed by atoms with Gasteiger partial charge >= 0.3 is 12.0 Å². The normalized spacial score (nSPS) is 13.7. The van der Waals surface area contributed by atoms with Gasteiger partial charge in [0.2, 0.25) is 0 Å². The van der Waals surface area contributed by atoms with Gasteiger partial charge in [-0.2, -0.15) is 0 Å². The summed E-state index contributed by atoms with van der Waals surface area (Å²) in [4.78, 5) is 25.1. The predicted octanol–water partition coefficient (Wildman–Crippen LogP) is 3.33. The van der Waals surface area contributed by atoms with Crippen LogP contribution in [0.5, 0.6) is 0 Å². The molecular formula is C14H15BrN2O3. The van der Waals surface area contributed by atoms with Crippen molar-refractivity contribution in [1.29, 1.82) is 0 Å². The Balaban J connectivity index is 2.19. The number of urea groups is 1. The minimum absolute atomic E-state index is 0.0656. The minimum Gasteiger partial charge on any atom is -0.478 e. The van der Waals surface area contributed by atoms with Gasteiger partial charge in [-0.1, -0.05) is 22.0 Å². The summed E-state index contributed by atoms with van der Waals surface area (Å²) in [6.07, 6.45) is 3.62. The van der Waals surface area contributed by atoms with Gasteiger partial charge in [0, 0.05) is 17.1 Å². The molecule has 1 aliphatic rings. The Morgan fingerprint density at radius 2 is 2.20 bits per heavy atom. The monoisotopic (exact) mass is 338 g/mol. The number of carboxylic acids is 1. The fourth-order valence-corrected chi connectivity index (χ4v) is 2.28. The molecule has 0 atom stereocenters. The van der Waals surface area contributed by atoms with E-state index in [1.807, 2.05) is 0 Å². The Hall–Kier alpha value is -1.82. The highest BCUT2D eigenvalue weighted by Gasteiger charge is 2.32. The summed E-state index contributed by atoms with van der Waals surface area (Å²) in [7, 11) is 0. The van der Waals surface area contributed by atoms with Crippen LogP contribution in [0.15, 0.2) is 35.3 Å². The average molecular weight is 339 g/mol. The first kappa shape index (κ1) is 14.6. The zero-order chi connectivity index (χ0) is 14.7. The van der Waals surface area contributed by atoms with Crippen LogP contribution >= 0.6 is 15.9 Å². The number of hydrogen-bond donors (Lipinski definition) is 2. The molecule has 0 radical (unpaired) electrons. The molecule has 1 aromatic rings. The summed E-state index contributed by atoms with van der Waals surface area (Å²) in [6.45, 7) is 4.09. The maximum atomic E-state index is 12.2. The fourth-order valence-electron chi connectivity index (χ4n) is 1.92. The number of benzene rings is 1. The third kappa shape index (κ3) is 3.39. The van der Waals surface area contributed by atoms with Crippen molar-refractivity contribution in [2.45, 2.75) is 18.9 Å². The van der Waals surface area contributed by atoms with Gasteiger partial charge in [0.05, 0.1) is 11.3 Å². The van der Waals surface area contributed by atoms with Crippen LogP contribution < -0.4 is 5.32 Å². The SMILES string of the molecule is C=CCN(C(=O)Nc1cc(Br)ccc1C(=O)O)C1CC1. The number of carbonyl (C=O) groups is 2. The van der Waals surface area contributed by atoms with Crippen molar-refractivity contribution in [2.24, 2.45) is 0 Å². The minimum atomic E-state index is -1.07. The van der Waals surface area contributed by atoms with E-state index in [1.54, 1.807) is 23.1 Å². The molecule has 1 fully saturated rings. The Morgan fingerprint density at radius 1 is 1.50 bits per heavy atom. The van der Waals surface area contributed by atoms with Crippen LogP contribution in [0.2, 0.25) is 0 Å². The maximum Gasteiger partial charge on any atom is 0.337 e. The summed E-state index contributed by atoms with van der Waals surface area (Å²) in [5.41, 5.74) is 0.350. The van der Waals surface area contributed by atoms with E-state index in [4.69, 9.17) is 5.11 Å². The lowest BCUT2D eigenvalue weighted by Crippen LogP contribution is -2.37. The van der Waals surface area contributed by atoms with E-state index in [-0.39, 0.29) is 23.3 Å². The third-order valence-corrected chi connectivity index (χ3v) is 3.52. The van der Waals surface area contributed by atoms with E-state index in [2.05, 4.69) is 27.8 Å². The summed E-state index contributed by atoms with van der Waals surface area (Å²) >= 11 is 3.27. The molecule has 106 valence electrons. The molecule has 20 heavy (non-hydrogen) atoms. The molecule has 1 aromatic carbocycles. The standard InChI is InChI=1S/C14H15BrN2O3/c1-2-7-17(10-4-5-10)14(20)16-12-8-9(15)3-6-11(12)13(18)19/h2-3,6,8,10H,1,4-5,7H2,(H,16,20)(H,18,19). The Morgan fingerprint density at radius 3 is 2.75 bits per heavy atom. The number of amides is 2. The predicted molar refractivity (Wildman–Crippen MR) is 80.0 cm³/mol. The first-order valence-corrected chi connectivity index (χ1v) is 7.03. The molecule has 0 unspecified atom stereocenters. The zero-order valence-electron chi connectivity index (χ0n) is 10.8. The van der Waals surface area contributed by atoms with Crippen LogP contribution in [0, 0.1) is 0 Å². The van der Waals surface area contributed by atoms with Gasteiger partial charge in [-0.3, -0.25) is 0 Å². The molecule has 0 aliphatic heterocycles. The van der Waals surface area contributed by atoms with Crippen LogP contribution in [0.3, 0.4) is 0 Å². The number of rotatable bonds is 5. The molecule has 5 nitrogen and oxygen atoms in total. The highest BCUT2D eigenvalue weighted by atomic mass is 79.9. The number of hydrogen-bond acceptors (Lipinski definition) is 2. The molecule has 6 heteroatoms. The first-order chi connectivity index (χ1) is 9.52. The second-order valence-corrected chi connectivity index (χ2v) is 5.51. The number of aromatic carboxylic acids is 1. The van der Waals surface area contributed by atoms with Gasteiger partial charge in [-0.25, -0.2) is 9.59 Å². The number of halogens is 1. The largest absolute Gasteiger partial charge is 0.478 e. The Kier molecular flexibility index (Phi) is 4.44. The number of carboxylic acid groups (broad SMARTS) is 1.